The SMILES string of the molecule is O=C(Nc1sc(-c2ccccc2)c(Cc2ccccc2)c1C(=O)O)c1ccccc1. The Labute approximate surface area is 178 Å². The molecular weight excluding hydrogens is 394 g/mol. The van der Waals surface area contributed by atoms with E-state index in [1.807, 2.05) is 66.7 Å². The molecule has 0 fully saturated rings. The Kier molecular flexibility index (Phi) is 5.72. The maximum Gasteiger partial charge on any atom is 0.339 e. The van der Waals surface area contributed by atoms with E-state index in [0.717, 1.165) is 16.0 Å². The number of rotatable bonds is 6. The number of amides is 1. The fraction of sp³-hybridized carbons (Fsp3) is 0.0400. The van der Waals surface area contributed by atoms with Gasteiger partial charge in [-0.25, -0.2) is 4.79 Å². The molecule has 148 valence electrons. The van der Waals surface area contributed by atoms with Gasteiger partial charge in [-0.2, -0.15) is 0 Å². The van der Waals surface area contributed by atoms with Gasteiger partial charge in [-0.05, 0) is 35.2 Å². The van der Waals surface area contributed by atoms with Crippen molar-refractivity contribution in [2.45, 2.75) is 6.42 Å². The number of nitrogens with one attached hydrogen (secondary N) is 1. The van der Waals surface area contributed by atoms with Crippen LogP contribution in [0.1, 0.15) is 31.8 Å². The van der Waals surface area contributed by atoms with Crippen molar-refractivity contribution in [2.24, 2.45) is 0 Å². The van der Waals surface area contributed by atoms with E-state index in [0.29, 0.717) is 22.5 Å². The molecule has 4 aromatic rings. The summed E-state index contributed by atoms with van der Waals surface area (Å²) in [6.07, 6.45) is 0.463. The van der Waals surface area contributed by atoms with Crippen molar-refractivity contribution in [1.82, 2.24) is 0 Å². The van der Waals surface area contributed by atoms with Crippen LogP contribution in [0.5, 0.6) is 0 Å². The average molecular weight is 413 g/mol. The molecule has 0 saturated carbocycles. The third-order valence-electron chi connectivity index (χ3n) is 4.74. The van der Waals surface area contributed by atoms with Crippen LogP contribution in [0.15, 0.2) is 91.0 Å². The number of carboxylic acids is 1. The second-order valence-corrected chi connectivity index (χ2v) is 7.79. The predicted molar refractivity (Wildman–Crippen MR) is 120 cm³/mol. The van der Waals surface area contributed by atoms with Gasteiger partial charge >= 0.3 is 5.97 Å². The van der Waals surface area contributed by atoms with Gasteiger partial charge in [0, 0.05) is 10.4 Å². The first kappa shape index (κ1) is 19.6. The van der Waals surface area contributed by atoms with E-state index in [9.17, 15) is 14.7 Å². The topological polar surface area (TPSA) is 66.4 Å². The van der Waals surface area contributed by atoms with Crippen LogP contribution < -0.4 is 5.32 Å². The average Bonchev–Trinajstić information content (AvgIpc) is 3.13. The molecule has 0 aliphatic rings. The van der Waals surface area contributed by atoms with Crippen molar-refractivity contribution in [3.63, 3.8) is 0 Å². The molecule has 0 saturated heterocycles. The van der Waals surface area contributed by atoms with E-state index in [2.05, 4.69) is 5.32 Å². The number of hydrogen-bond donors (Lipinski definition) is 2. The van der Waals surface area contributed by atoms with Gasteiger partial charge in [0.1, 0.15) is 5.00 Å². The van der Waals surface area contributed by atoms with Crippen LogP contribution in [0.4, 0.5) is 5.00 Å². The molecule has 0 aliphatic heterocycles. The summed E-state index contributed by atoms with van der Waals surface area (Å²) in [5.41, 5.74) is 3.26. The fourth-order valence-electron chi connectivity index (χ4n) is 3.34. The second-order valence-electron chi connectivity index (χ2n) is 6.77. The molecule has 0 radical (unpaired) electrons. The van der Waals surface area contributed by atoms with Gasteiger partial charge in [-0.15, -0.1) is 11.3 Å². The minimum atomic E-state index is -1.05. The molecular formula is C25H19NO3S. The maximum atomic E-state index is 12.7. The highest BCUT2D eigenvalue weighted by Gasteiger charge is 2.25. The smallest absolute Gasteiger partial charge is 0.339 e. The molecule has 2 N–H and O–H groups in total. The Balaban J connectivity index is 1.82. The first-order chi connectivity index (χ1) is 14.6. The lowest BCUT2D eigenvalue weighted by molar-refractivity contribution is 0.0697. The van der Waals surface area contributed by atoms with Gasteiger partial charge < -0.3 is 10.4 Å². The van der Waals surface area contributed by atoms with Crippen LogP contribution in [-0.4, -0.2) is 17.0 Å². The summed E-state index contributed by atoms with van der Waals surface area (Å²) in [4.78, 5) is 25.8. The summed E-state index contributed by atoms with van der Waals surface area (Å²) in [5, 5.41) is 13.2. The zero-order chi connectivity index (χ0) is 20.9. The van der Waals surface area contributed by atoms with Crippen molar-refractivity contribution < 1.29 is 14.7 Å². The number of carbonyl (C=O) groups excluding carboxylic acids is 1. The van der Waals surface area contributed by atoms with Crippen LogP contribution in [0.25, 0.3) is 10.4 Å². The van der Waals surface area contributed by atoms with Gasteiger partial charge in [-0.1, -0.05) is 78.9 Å². The summed E-state index contributed by atoms with van der Waals surface area (Å²) >= 11 is 1.30. The standard InChI is InChI=1S/C25H19NO3S/c27-23(19-14-8-3-9-15-19)26-24-21(25(28)29)20(16-17-10-4-1-5-11-17)22(30-24)18-12-6-2-7-13-18/h1-15H,16H2,(H,26,27)(H,28,29). The minimum absolute atomic E-state index is 0.145. The number of benzene rings is 3. The molecule has 0 bridgehead atoms. The normalized spacial score (nSPS) is 10.5. The van der Waals surface area contributed by atoms with Crippen molar-refractivity contribution in [1.29, 1.82) is 0 Å². The molecule has 30 heavy (non-hydrogen) atoms. The Hall–Kier alpha value is -3.70. The minimum Gasteiger partial charge on any atom is -0.478 e. The van der Waals surface area contributed by atoms with E-state index in [-0.39, 0.29) is 11.5 Å². The van der Waals surface area contributed by atoms with E-state index in [1.54, 1.807) is 24.3 Å². The van der Waals surface area contributed by atoms with Crippen molar-refractivity contribution in [3.05, 3.63) is 113 Å². The van der Waals surface area contributed by atoms with Crippen LogP contribution in [0, 0.1) is 0 Å². The zero-order valence-corrected chi connectivity index (χ0v) is 16.9. The second kappa shape index (κ2) is 8.76. The van der Waals surface area contributed by atoms with E-state index >= 15 is 0 Å². The summed E-state index contributed by atoms with van der Waals surface area (Å²) in [7, 11) is 0. The first-order valence-corrected chi connectivity index (χ1v) is 10.3. The van der Waals surface area contributed by atoms with Crippen LogP contribution in [0.3, 0.4) is 0 Å². The first-order valence-electron chi connectivity index (χ1n) is 9.48. The lowest BCUT2D eigenvalue weighted by Crippen LogP contribution is -2.13. The van der Waals surface area contributed by atoms with Gasteiger partial charge in [0.05, 0.1) is 5.56 Å². The number of carboxylic acid groups (broad SMARTS) is 1. The molecule has 5 heteroatoms. The summed E-state index contributed by atoms with van der Waals surface area (Å²) in [6.45, 7) is 0. The van der Waals surface area contributed by atoms with E-state index in [4.69, 9.17) is 0 Å². The highest BCUT2D eigenvalue weighted by atomic mass is 32.1. The van der Waals surface area contributed by atoms with Crippen molar-refractivity contribution in [3.8, 4) is 10.4 Å². The zero-order valence-electron chi connectivity index (χ0n) is 16.0. The number of anilines is 1. The number of carbonyl (C=O) groups is 2. The molecule has 1 amide bonds. The van der Waals surface area contributed by atoms with Gasteiger partial charge in [0.15, 0.2) is 0 Å². The fourth-order valence-corrected chi connectivity index (χ4v) is 4.55. The van der Waals surface area contributed by atoms with Gasteiger partial charge in [0.2, 0.25) is 0 Å². The summed E-state index contributed by atoms with van der Waals surface area (Å²) < 4.78 is 0. The molecule has 0 unspecified atom stereocenters. The molecule has 1 aromatic heterocycles. The third kappa shape index (κ3) is 4.16. The van der Waals surface area contributed by atoms with Gasteiger partial charge in [0.25, 0.3) is 5.91 Å². The van der Waals surface area contributed by atoms with Crippen LogP contribution in [-0.2, 0) is 6.42 Å². The number of hydrogen-bond acceptors (Lipinski definition) is 3. The Morgan fingerprint density at radius 1 is 0.800 bits per heavy atom. The maximum absolute atomic E-state index is 12.7. The lowest BCUT2D eigenvalue weighted by Gasteiger charge is -2.07. The monoisotopic (exact) mass is 413 g/mol. The summed E-state index contributed by atoms with van der Waals surface area (Å²) in [6, 6.07) is 28.2. The lowest BCUT2D eigenvalue weighted by atomic mass is 9.98. The molecule has 0 atom stereocenters. The van der Waals surface area contributed by atoms with Gasteiger partial charge in [-0.3, -0.25) is 4.79 Å². The Morgan fingerprint density at radius 2 is 1.37 bits per heavy atom. The molecule has 4 rings (SSSR count). The van der Waals surface area contributed by atoms with Crippen molar-refractivity contribution >= 4 is 28.2 Å². The van der Waals surface area contributed by atoms with Crippen LogP contribution >= 0.6 is 11.3 Å². The van der Waals surface area contributed by atoms with Crippen molar-refractivity contribution in [2.75, 3.05) is 5.32 Å². The number of aromatic carboxylic acids is 1. The van der Waals surface area contributed by atoms with E-state index < -0.39 is 5.97 Å². The number of thiophene rings is 1. The highest BCUT2D eigenvalue weighted by molar-refractivity contribution is 7.20. The Morgan fingerprint density at radius 3 is 1.97 bits per heavy atom. The quantitative estimate of drug-likeness (QED) is 0.410. The largest absolute Gasteiger partial charge is 0.478 e. The Bertz CT molecular complexity index is 1170. The molecule has 3 aromatic carbocycles. The highest BCUT2D eigenvalue weighted by Crippen LogP contribution is 2.41. The molecule has 0 aliphatic carbocycles. The predicted octanol–water partition coefficient (Wildman–Crippen LogP) is 5.96. The van der Waals surface area contributed by atoms with Crippen LogP contribution in [0.2, 0.25) is 0 Å². The molecule has 0 spiro atoms. The molecule has 4 nitrogen and oxygen atoms in total. The van der Waals surface area contributed by atoms with E-state index in [1.165, 1.54) is 11.3 Å². The molecule has 1 heterocycles. The third-order valence-corrected chi connectivity index (χ3v) is 5.94. The summed E-state index contributed by atoms with van der Waals surface area (Å²) in [5.74, 6) is -1.38.